The molecule has 1 aromatic heterocycles. The van der Waals surface area contributed by atoms with Crippen LogP contribution in [0.3, 0.4) is 0 Å². The van der Waals surface area contributed by atoms with Crippen molar-refractivity contribution in [2.24, 2.45) is 0 Å². The summed E-state index contributed by atoms with van der Waals surface area (Å²) in [5, 5.41) is 15.3. The van der Waals surface area contributed by atoms with Crippen LogP contribution >= 0.6 is 23.7 Å². The lowest BCUT2D eigenvalue weighted by Crippen LogP contribution is -2.49. The lowest BCUT2D eigenvalue weighted by atomic mass is 10.1. The first-order chi connectivity index (χ1) is 10.2. The number of aliphatic hydroxyl groups excluding tert-OH is 1. The zero-order valence-electron chi connectivity index (χ0n) is 12.9. The SMILES string of the molecule is CNCCCC(=O)N1CCOCC1CC(O)c1cccs1.Cl. The highest BCUT2D eigenvalue weighted by atomic mass is 35.5. The normalized spacial score (nSPS) is 19.5. The van der Waals surface area contributed by atoms with E-state index >= 15 is 0 Å². The van der Waals surface area contributed by atoms with Gasteiger partial charge in [0, 0.05) is 24.3 Å². The molecule has 1 aromatic rings. The minimum Gasteiger partial charge on any atom is -0.387 e. The molecule has 1 amide bonds. The summed E-state index contributed by atoms with van der Waals surface area (Å²) in [6.45, 7) is 2.57. The van der Waals surface area contributed by atoms with Gasteiger partial charge in [0.25, 0.3) is 0 Å². The molecule has 22 heavy (non-hydrogen) atoms. The molecule has 2 heterocycles. The van der Waals surface area contributed by atoms with Crippen LogP contribution in [0, 0.1) is 0 Å². The molecule has 126 valence electrons. The highest BCUT2D eigenvalue weighted by Gasteiger charge is 2.29. The fraction of sp³-hybridized carbons (Fsp3) is 0.667. The molecular weight excluding hydrogens is 324 g/mol. The summed E-state index contributed by atoms with van der Waals surface area (Å²) < 4.78 is 5.49. The Morgan fingerprint density at radius 2 is 2.45 bits per heavy atom. The van der Waals surface area contributed by atoms with Crippen molar-refractivity contribution in [1.82, 2.24) is 10.2 Å². The molecule has 1 aliphatic rings. The summed E-state index contributed by atoms with van der Waals surface area (Å²) in [5.41, 5.74) is 0. The zero-order valence-corrected chi connectivity index (χ0v) is 14.5. The van der Waals surface area contributed by atoms with Gasteiger partial charge in [-0.25, -0.2) is 0 Å². The third-order valence-electron chi connectivity index (χ3n) is 3.73. The van der Waals surface area contributed by atoms with Crippen molar-refractivity contribution >= 4 is 29.7 Å². The van der Waals surface area contributed by atoms with Crippen LogP contribution in [0.15, 0.2) is 17.5 Å². The average Bonchev–Trinajstić information content (AvgIpc) is 3.02. The first-order valence-corrected chi connectivity index (χ1v) is 8.33. The summed E-state index contributed by atoms with van der Waals surface area (Å²) in [6.07, 6.45) is 1.40. The summed E-state index contributed by atoms with van der Waals surface area (Å²) >= 11 is 1.54. The van der Waals surface area contributed by atoms with Crippen LogP contribution < -0.4 is 5.32 Å². The molecule has 0 radical (unpaired) electrons. The van der Waals surface area contributed by atoms with Crippen molar-refractivity contribution in [1.29, 1.82) is 0 Å². The van der Waals surface area contributed by atoms with Gasteiger partial charge in [-0.1, -0.05) is 6.07 Å². The number of rotatable bonds is 7. The van der Waals surface area contributed by atoms with E-state index in [-0.39, 0.29) is 24.4 Å². The number of morpholine rings is 1. The van der Waals surface area contributed by atoms with Gasteiger partial charge in [-0.05, 0) is 31.5 Å². The standard InChI is InChI=1S/C15H24N2O3S.ClH/c1-16-6-2-5-15(19)17-7-8-20-11-12(17)10-13(18)14-4-3-9-21-14;/h3-4,9,12-13,16,18H,2,5-8,10-11H2,1H3;1H. The molecule has 1 aliphatic heterocycles. The van der Waals surface area contributed by atoms with Crippen LogP contribution in [-0.2, 0) is 9.53 Å². The molecule has 0 spiro atoms. The monoisotopic (exact) mass is 348 g/mol. The largest absolute Gasteiger partial charge is 0.387 e. The maximum absolute atomic E-state index is 12.3. The number of amides is 1. The molecule has 0 bridgehead atoms. The number of nitrogens with zero attached hydrogens (tertiary/aromatic N) is 1. The smallest absolute Gasteiger partial charge is 0.223 e. The maximum Gasteiger partial charge on any atom is 0.223 e. The van der Waals surface area contributed by atoms with Crippen LogP contribution in [0.5, 0.6) is 0 Å². The second kappa shape index (κ2) is 10.2. The topological polar surface area (TPSA) is 61.8 Å². The van der Waals surface area contributed by atoms with Gasteiger partial charge >= 0.3 is 0 Å². The van der Waals surface area contributed by atoms with E-state index in [1.54, 1.807) is 11.3 Å². The minimum absolute atomic E-state index is 0. The van der Waals surface area contributed by atoms with E-state index in [9.17, 15) is 9.90 Å². The van der Waals surface area contributed by atoms with Crippen molar-refractivity contribution < 1.29 is 14.6 Å². The predicted molar refractivity (Wildman–Crippen MR) is 90.6 cm³/mol. The molecule has 1 saturated heterocycles. The first kappa shape index (κ1) is 19.4. The second-order valence-electron chi connectivity index (χ2n) is 5.29. The van der Waals surface area contributed by atoms with E-state index in [2.05, 4.69) is 5.32 Å². The number of ether oxygens (including phenoxy) is 1. The van der Waals surface area contributed by atoms with Crippen molar-refractivity contribution in [2.45, 2.75) is 31.4 Å². The van der Waals surface area contributed by atoms with Crippen LogP contribution in [0.2, 0.25) is 0 Å². The molecule has 2 atom stereocenters. The van der Waals surface area contributed by atoms with E-state index in [0.717, 1.165) is 17.8 Å². The lowest BCUT2D eigenvalue weighted by molar-refractivity contribution is -0.141. The Morgan fingerprint density at radius 3 is 3.14 bits per heavy atom. The third-order valence-corrected chi connectivity index (χ3v) is 4.71. The summed E-state index contributed by atoms with van der Waals surface area (Å²) in [4.78, 5) is 15.1. The lowest BCUT2D eigenvalue weighted by Gasteiger charge is -2.36. The Bertz CT molecular complexity index is 430. The zero-order chi connectivity index (χ0) is 15.1. The number of hydrogen-bond acceptors (Lipinski definition) is 5. The number of hydrogen-bond donors (Lipinski definition) is 2. The summed E-state index contributed by atoms with van der Waals surface area (Å²) in [5.74, 6) is 0.164. The van der Waals surface area contributed by atoms with Gasteiger partial charge in [-0.2, -0.15) is 0 Å². The van der Waals surface area contributed by atoms with Crippen LogP contribution in [-0.4, -0.2) is 55.3 Å². The van der Waals surface area contributed by atoms with Crippen LogP contribution in [0.25, 0.3) is 0 Å². The van der Waals surface area contributed by atoms with Gasteiger partial charge in [0.05, 0.1) is 25.4 Å². The Balaban J connectivity index is 0.00000242. The molecule has 0 saturated carbocycles. The molecular formula is C15H25ClN2O3S. The molecule has 1 fully saturated rings. The number of nitrogens with one attached hydrogen (secondary N) is 1. The Hall–Kier alpha value is -0.660. The van der Waals surface area contributed by atoms with E-state index in [4.69, 9.17) is 4.74 Å². The first-order valence-electron chi connectivity index (χ1n) is 7.45. The second-order valence-corrected chi connectivity index (χ2v) is 6.27. The van der Waals surface area contributed by atoms with E-state index in [1.165, 1.54) is 0 Å². The van der Waals surface area contributed by atoms with E-state index in [1.807, 2.05) is 29.5 Å². The van der Waals surface area contributed by atoms with Gasteiger partial charge in [0.15, 0.2) is 0 Å². The van der Waals surface area contributed by atoms with Gasteiger partial charge in [-0.3, -0.25) is 4.79 Å². The van der Waals surface area contributed by atoms with Crippen LogP contribution in [0.4, 0.5) is 0 Å². The predicted octanol–water partition coefficient (Wildman–Crippen LogP) is 1.82. The van der Waals surface area contributed by atoms with Crippen molar-refractivity contribution in [3.05, 3.63) is 22.4 Å². The third kappa shape index (κ3) is 5.52. The Labute approximate surface area is 142 Å². The highest BCUT2D eigenvalue weighted by molar-refractivity contribution is 7.10. The molecule has 0 aliphatic carbocycles. The molecule has 2 unspecified atom stereocenters. The molecule has 2 N–H and O–H groups in total. The number of aliphatic hydroxyl groups is 1. The summed E-state index contributed by atoms with van der Waals surface area (Å²) in [7, 11) is 1.89. The van der Waals surface area contributed by atoms with Crippen molar-refractivity contribution in [3.63, 3.8) is 0 Å². The van der Waals surface area contributed by atoms with Crippen molar-refractivity contribution in [2.75, 3.05) is 33.4 Å². The molecule has 7 heteroatoms. The Morgan fingerprint density at radius 1 is 1.64 bits per heavy atom. The fourth-order valence-electron chi connectivity index (χ4n) is 2.59. The van der Waals surface area contributed by atoms with Crippen molar-refractivity contribution in [3.8, 4) is 0 Å². The van der Waals surface area contributed by atoms with Gasteiger partial charge < -0.3 is 20.1 Å². The molecule has 0 aromatic carbocycles. The minimum atomic E-state index is -0.524. The quantitative estimate of drug-likeness (QED) is 0.738. The number of halogens is 1. The van der Waals surface area contributed by atoms with Gasteiger partial charge in [0.2, 0.25) is 5.91 Å². The van der Waals surface area contributed by atoms with E-state index < -0.39 is 6.10 Å². The highest BCUT2D eigenvalue weighted by Crippen LogP contribution is 2.26. The van der Waals surface area contributed by atoms with Crippen LogP contribution in [0.1, 0.15) is 30.2 Å². The number of thiophene rings is 1. The number of carbonyl (C=O) groups excluding carboxylic acids is 1. The van der Waals surface area contributed by atoms with E-state index in [0.29, 0.717) is 32.6 Å². The molecule has 5 nitrogen and oxygen atoms in total. The maximum atomic E-state index is 12.3. The number of carbonyl (C=O) groups is 1. The summed E-state index contributed by atoms with van der Waals surface area (Å²) in [6, 6.07) is 3.83. The average molecular weight is 349 g/mol. The van der Waals surface area contributed by atoms with Gasteiger partial charge in [-0.15, -0.1) is 23.7 Å². The molecule has 2 rings (SSSR count). The fourth-order valence-corrected chi connectivity index (χ4v) is 3.32. The van der Waals surface area contributed by atoms with Gasteiger partial charge in [0.1, 0.15) is 0 Å². The Kier molecular flexibility index (Phi) is 8.97.